The summed E-state index contributed by atoms with van der Waals surface area (Å²) in [7, 11) is 1.29. The summed E-state index contributed by atoms with van der Waals surface area (Å²) in [5, 5.41) is 0. The third-order valence-electron chi connectivity index (χ3n) is 0.228. The van der Waals surface area contributed by atoms with Crippen LogP contribution < -0.4 is 0 Å². The van der Waals surface area contributed by atoms with Crippen molar-refractivity contribution in [2.45, 2.75) is 0 Å². The van der Waals surface area contributed by atoms with Gasteiger partial charge in [0.15, 0.2) is 5.97 Å². The van der Waals surface area contributed by atoms with Gasteiger partial charge in [0.25, 0.3) is 0 Å². The molecule has 0 rings (SSSR count). The minimum absolute atomic E-state index is 0. The standard InChI is InChI=1S/C3H5O2.U/c1-3(4)5-2;/h1H2,2H3;/q-1;+2. The van der Waals surface area contributed by atoms with Gasteiger partial charge in [0.05, 0.1) is 7.11 Å². The van der Waals surface area contributed by atoms with Gasteiger partial charge < -0.3 is 4.74 Å². The van der Waals surface area contributed by atoms with Crippen LogP contribution in [0.3, 0.4) is 0 Å². The average Bonchev–Trinajstić information content (AvgIpc) is 1.38. The van der Waals surface area contributed by atoms with Crippen molar-refractivity contribution in [3.8, 4) is 0 Å². The maximum atomic E-state index is 9.48. The summed E-state index contributed by atoms with van der Waals surface area (Å²) >= 11 is 0. The summed E-state index contributed by atoms with van der Waals surface area (Å²) in [5.74, 6) is -0.495. The molecule has 0 spiro atoms. The van der Waals surface area contributed by atoms with Crippen molar-refractivity contribution in [3.63, 3.8) is 0 Å². The molecule has 3 heteroatoms. The molecule has 6 heavy (non-hydrogen) atoms. The molecule has 0 aliphatic heterocycles. The predicted octanol–water partition coefficient (Wildman–Crippen LogP) is -0.00651. The summed E-state index contributed by atoms with van der Waals surface area (Å²) < 4.78 is 4.00. The fourth-order valence-corrected chi connectivity index (χ4v) is 0. The van der Waals surface area contributed by atoms with E-state index < -0.39 is 5.97 Å². The van der Waals surface area contributed by atoms with Crippen molar-refractivity contribution in [2.75, 3.05) is 7.11 Å². The van der Waals surface area contributed by atoms with Crippen LogP contribution in [0.1, 0.15) is 0 Å². The summed E-state index contributed by atoms with van der Waals surface area (Å²) in [5.41, 5.74) is 0. The molecule has 0 aromatic carbocycles. The number of hydrogen-bond donors (Lipinski definition) is 0. The first-order valence-corrected chi connectivity index (χ1v) is 1.17. The maximum Gasteiger partial charge on any atom is 2.00 e. The van der Waals surface area contributed by atoms with Gasteiger partial charge in [-0.2, -0.15) is 0 Å². The van der Waals surface area contributed by atoms with Gasteiger partial charge in [-0.25, -0.2) is 0 Å². The quantitative estimate of drug-likeness (QED) is 0.465. The Morgan fingerprint density at radius 1 is 1.83 bits per heavy atom. The first-order chi connectivity index (χ1) is 2.27. The van der Waals surface area contributed by atoms with Crippen LogP contribution in [-0.2, 0) is 9.53 Å². The molecule has 0 fully saturated rings. The molecule has 0 aliphatic carbocycles. The van der Waals surface area contributed by atoms with Crippen LogP contribution in [0.15, 0.2) is 0 Å². The van der Waals surface area contributed by atoms with Gasteiger partial charge in [-0.15, -0.1) is 0 Å². The molecule has 0 aromatic rings. The summed E-state index contributed by atoms with van der Waals surface area (Å²) in [6.45, 7) is 2.90. The van der Waals surface area contributed by atoms with E-state index >= 15 is 0 Å². The van der Waals surface area contributed by atoms with E-state index in [2.05, 4.69) is 11.7 Å². The average molecular weight is 311 g/mol. The zero-order valence-electron chi connectivity index (χ0n) is 3.52. The van der Waals surface area contributed by atoms with Gasteiger partial charge in [-0.05, 0) is 0 Å². The molecule has 0 bridgehead atoms. The first-order valence-electron chi connectivity index (χ1n) is 1.17. The number of ether oxygens (including phenoxy) is 1. The van der Waals surface area contributed by atoms with E-state index in [4.69, 9.17) is 0 Å². The number of hydrogen-bond acceptors (Lipinski definition) is 2. The second-order valence-electron chi connectivity index (χ2n) is 0.576. The molecule has 0 unspecified atom stereocenters. The van der Waals surface area contributed by atoms with Gasteiger partial charge in [-0.1, -0.05) is 0 Å². The summed E-state index contributed by atoms with van der Waals surface area (Å²) in [6, 6.07) is 0. The second-order valence-corrected chi connectivity index (χ2v) is 0.576. The third kappa shape index (κ3) is 8.83. The Hall–Kier alpha value is 0.392. The number of carbonyl (C=O) groups excluding carboxylic acids is 1. The fourth-order valence-electron chi connectivity index (χ4n) is 0. The Labute approximate surface area is 60.6 Å². The van der Waals surface area contributed by atoms with Crippen LogP contribution in [-0.4, -0.2) is 13.1 Å². The van der Waals surface area contributed by atoms with Crippen molar-refractivity contribution in [2.24, 2.45) is 0 Å². The van der Waals surface area contributed by atoms with Crippen molar-refractivity contribution in [1.29, 1.82) is 0 Å². The molecular weight excluding hydrogens is 306 g/mol. The number of rotatable bonds is 0. The molecule has 0 aromatic heterocycles. The number of methoxy groups -OCH3 is 1. The van der Waals surface area contributed by atoms with E-state index in [1.807, 2.05) is 0 Å². The molecule has 0 saturated heterocycles. The van der Waals surface area contributed by atoms with Crippen LogP contribution in [0.5, 0.6) is 0 Å². The van der Waals surface area contributed by atoms with E-state index in [0.717, 1.165) is 0 Å². The first kappa shape index (κ1) is 9.63. The molecule has 0 heterocycles. The van der Waals surface area contributed by atoms with Crippen LogP contribution in [0.4, 0.5) is 0 Å². The van der Waals surface area contributed by atoms with Gasteiger partial charge >= 0.3 is 31.1 Å². The SMILES string of the molecule is [CH2-]C(=O)OC.[U+2]. The van der Waals surface area contributed by atoms with E-state index in [0.29, 0.717) is 0 Å². The van der Waals surface area contributed by atoms with Gasteiger partial charge in [0.2, 0.25) is 0 Å². The van der Waals surface area contributed by atoms with E-state index in [9.17, 15) is 4.79 Å². The Morgan fingerprint density at radius 2 is 2.00 bits per heavy atom. The van der Waals surface area contributed by atoms with Crippen LogP contribution in [0.25, 0.3) is 0 Å². The monoisotopic (exact) mass is 311 g/mol. The minimum atomic E-state index is -0.495. The molecular formula is C3H5O2U+. The molecule has 0 saturated carbocycles. The van der Waals surface area contributed by atoms with Crippen LogP contribution in [0.2, 0.25) is 0 Å². The zero-order valence-corrected chi connectivity index (χ0v) is 7.69. The number of carbonyl (C=O) groups is 1. The van der Waals surface area contributed by atoms with Gasteiger partial charge in [0, 0.05) is 0 Å². The Bertz CT molecular complexity index is 44.1. The largest absolute Gasteiger partial charge is 2.00 e. The molecule has 0 amide bonds. The van der Waals surface area contributed by atoms with Crippen LogP contribution in [0, 0.1) is 38.0 Å². The van der Waals surface area contributed by atoms with Crippen LogP contribution >= 0.6 is 0 Å². The Kier molecular flexibility index (Phi) is 8.66. The molecule has 0 aliphatic rings. The van der Waals surface area contributed by atoms with E-state index in [-0.39, 0.29) is 31.1 Å². The summed E-state index contributed by atoms with van der Waals surface area (Å²) in [4.78, 5) is 9.48. The van der Waals surface area contributed by atoms with Crippen molar-refractivity contribution < 1.29 is 40.6 Å². The van der Waals surface area contributed by atoms with Crippen molar-refractivity contribution >= 4 is 5.97 Å². The third-order valence-corrected chi connectivity index (χ3v) is 0.228. The van der Waals surface area contributed by atoms with E-state index in [1.165, 1.54) is 7.11 Å². The number of esters is 1. The van der Waals surface area contributed by atoms with Gasteiger partial charge in [-0.3, -0.25) is 11.7 Å². The summed E-state index contributed by atoms with van der Waals surface area (Å²) in [6.07, 6.45) is 0. The van der Waals surface area contributed by atoms with Crippen molar-refractivity contribution in [3.05, 3.63) is 6.92 Å². The van der Waals surface area contributed by atoms with E-state index in [1.54, 1.807) is 0 Å². The second kappa shape index (κ2) is 5.39. The minimum Gasteiger partial charge on any atom is -0.492 e. The molecule has 0 atom stereocenters. The Balaban J connectivity index is 0. The topological polar surface area (TPSA) is 26.3 Å². The van der Waals surface area contributed by atoms with Crippen molar-refractivity contribution in [1.82, 2.24) is 0 Å². The van der Waals surface area contributed by atoms with Gasteiger partial charge in [0.1, 0.15) is 0 Å². The normalized spacial score (nSPS) is 5.50. The molecule has 0 radical (unpaired) electrons. The maximum absolute atomic E-state index is 9.48. The Morgan fingerprint density at radius 3 is 2.00 bits per heavy atom. The zero-order chi connectivity index (χ0) is 4.28. The molecule has 2 nitrogen and oxygen atoms in total. The smallest absolute Gasteiger partial charge is 0.492 e. The molecule has 32 valence electrons. The predicted molar refractivity (Wildman–Crippen MR) is 17.4 cm³/mol. The fraction of sp³-hybridized carbons (Fsp3) is 0.333. The molecule has 0 N–H and O–H groups in total.